The molecule has 0 amide bonds. The maximum Gasteiger partial charge on any atom is 0.340 e. The molecule has 0 radical (unpaired) electrons. The Morgan fingerprint density at radius 2 is 2.22 bits per heavy atom. The number of nitrogens with zero attached hydrogens (tertiary/aromatic N) is 3. The molecule has 0 N–H and O–H groups in total. The van der Waals surface area contributed by atoms with Crippen LogP contribution in [-0.4, -0.2) is 34.8 Å². The number of methoxy groups -OCH3 is 2. The molecule has 0 spiro atoms. The van der Waals surface area contributed by atoms with Gasteiger partial charge in [-0.15, -0.1) is 0 Å². The van der Waals surface area contributed by atoms with Crippen LogP contribution < -0.4 is 0 Å². The number of ether oxygens (including phenoxy) is 2. The van der Waals surface area contributed by atoms with Crippen molar-refractivity contribution in [3.8, 4) is 0 Å². The first kappa shape index (κ1) is 12.8. The summed E-state index contributed by atoms with van der Waals surface area (Å²) < 4.78 is 11.5. The summed E-state index contributed by atoms with van der Waals surface area (Å²) in [7, 11) is 2.86. The highest BCUT2D eigenvalue weighted by atomic mass is 35.5. The molecule has 0 bridgehead atoms. The Morgan fingerprint density at radius 3 is 2.83 bits per heavy atom. The maximum absolute atomic E-state index is 11.7. The predicted octanol–water partition coefficient (Wildman–Crippen LogP) is 1.88. The summed E-state index contributed by atoms with van der Waals surface area (Å²) in [4.78, 5) is 15.9. The zero-order valence-electron chi connectivity index (χ0n) is 10.2. The molecule has 0 aliphatic heterocycles. The second kappa shape index (κ2) is 4.91. The zero-order chi connectivity index (χ0) is 13.3. The van der Waals surface area contributed by atoms with Gasteiger partial charge in [-0.1, -0.05) is 11.6 Å². The number of carbonyl (C=O) groups is 1. The van der Waals surface area contributed by atoms with E-state index in [0.29, 0.717) is 21.9 Å². The number of aromatic nitrogens is 3. The summed E-state index contributed by atoms with van der Waals surface area (Å²) in [6.45, 7) is 1.81. The van der Waals surface area contributed by atoms with Crippen molar-refractivity contribution in [1.82, 2.24) is 14.6 Å². The Labute approximate surface area is 108 Å². The van der Waals surface area contributed by atoms with E-state index in [0.717, 1.165) is 0 Å². The predicted molar refractivity (Wildman–Crippen MR) is 64.8 cm³/mol. The maximum atomic E-state index is 11.7. The highest BCUT2D eigenvalue weighted by Gasteiger charge is 2.22. The van der Waals surface area contributed by atoms with E-state index in [2.05, 4.69) is 10.1 Å². The van der Waals surface area contributed by atoms with Crippen molar-refractivity contribution in [3.63, 3.8) is 0 Å². The molecule has 0 aliphatic carbocycles. The summed E-state index contributed by atoms with van der Waals surface area (Å²) in [6, 6.07) is 0. The van der Waals surface area contributed by atoms with Gasteiger partial charge in [0.2, 0.25) is 0 Å². The lowest BCUT2D eigenvalue weighted by Gasteiger charge is -2.14. The molecule has 6 nitrogen and oxygen atoms in total. The largest absolute Gasteiger partial charge is 0.465 e. The van der Waals surface area contributed by atoms with Crippen LogP contribution in [0.3, 0.4) is 0 Å². The molecular weight excluding hydrogens is 258 g/mol. The van der Waals surface area contributed by atoms with E-state index in [1.54, 1.807) is 13.3 Å². The summed E-state index contributed by atoms with van der Waals surface area (Å²) >= 11 is 5.84. The van der Waals surface area contributed by atoms with E-state index in [9.17, 15) is 4.79 Å². The average Bonchev–Trinajstić information content (AvgIpc) is 2.75. The van der Waals surface area contributed by atoms with Crippen molar-refractivity contribution in [2.24, 2.45) is 0 Å². The van der Waals surface area contributed by atoms with Gasteiger partial charge in [0.05, 0.1) is 31.2 Å². The van der Waals surface area contributed by atoms with Crippen molar-refractivity contribution in [1.29, 1.82) is 0 Å². The molecule has 0 fully saturated rings. The fourth-order valence-corrected chi connectivity index (χ4v) is 1.89. The molecule has 1 atom stereocenters. The number of fused-ring (bicyclic) bond motifs is 1. The summed E-state index contributed by atoms with van der Waals surface area (Å²) in [5, 5.41) is 4.36. The average molecular weight is 270 g/mol. The van der Waals surface area contributed by atoms with Crippen LogP contribution in [0.2, 0.25) is 5.15 Å². The number of imidazole rings is 1. The van der Waals surface area contributed by atoms with Crippen molar-refractivity contribution >= 4 is 23.2 Å². The Kier molecular flexibility index (Phi) is 3.49. The minimum atomic E-state index is -0.483. The third kappa shape index (κ3) is 2.04. The van der Waals surface area contributed by atoms with Crippen LogP contribution in [0, 0.1) is 0 Å². The van der Waals surface area contributed by atoms with Crippen molar-refractivity contribution in [2.75, 3.05) is 14.2 Å². The van der Waals surface area contributed by atoms with E-state index in [1.165, 1.54) is 17.8 Å². The first-order valence-electron chi connectivity index (χ1n) is 5.23. The van der Waals surface area contributed by atoms with E-state index in [1.807, 2.05) is 6.92 Å². The molecule has 2 heterocycles. The van der Waals surface area contributed by atoms with Crippen LogP contribution in [0.15, 0.2) is 12.4 Å². The van der Waals surface area contributed by atoms with Gasteiger partial charge in [0.1, 0.15) is 5.15 Å². The minimum Gasteiger partial charge on any atom is -0.465 e. The Bertz CT molecular complexity index is 596. The normalized spacial score (nSPS) is 12.7. The lowest BCUT2D eigenvalue weighted by atomic mass is 10.1. The fourth-order valence-electron chi connectivity index (χ4n) is 1.72. The molecule has 18 heavy (non-hydrogen) atoms. The summed E-state index contributed by atoms with van der Waals surface area (Å²) in [5.41, 5.74) is 1.41. The molecule has 96 valence electrons. The lowest BCUT2D eigenvalue weighted by molar-refractivity contribution is 0.0588. The molecule has 2 aromatic heterocycles. The number of hydrogen-bond donors (Lipinski definition) is 0. The molecule has 2 aromatic rings. The van der Waals surface area contributed by atoms with Gasteiger partial charge in [-0.05, 0) is 6.92 Å². The topological polar surface area (TPSA) is 65.7 Å². The first-order chi connectivity index (χ1) is 8.58. The third-order valence-electron chi connectivity index (χ3n) is 2.67. The highest BCUT2D eigenvalue weighted by molar-refractivity contribution is 6.29. The minimum absolute atomic E-state index is 0.300. The fraction of sp³-hybridized carbons (Fsp3) is 0.364. The van der Waals surface area contributed by atoms with Crippen LogP contribution >= 0.6 is 11.6 Å². The number of carbonyl (C=O) groups excluding carboxylic acids is 1. The molecule has 0 saturated carbocycles. The van der Waals surface area contributed by atoms with Gasteiger partial charge in [0.15, 0.2) is 5.65 Å². The molecule has 7 heteroatoms. The second-order valence-electron chi connectivity index (χ2n) is 3.67. The summed E-state index contributed by atoms with van der Waals surface area (Å²) in [6.07, 6.45) is 2.65. The molecule has 0 saturated heterocycles. The first-order valence-corrected chi connectivity index (χ1v) is 5.61. The van der Waals surface area contributed by atoms with Gasteiger partial charge in [-0.2, -0.15) is 5.10 Å². The van der Waals surface area contributed by atoms with Gasteiger partial charge in [-0.3, -0.25) is 0 Å². The number of rotatable bonds is 3. The molecule has 0 aliphatic rings. The van der Waals surface area contributed by atoms with Crippen molar-refractivity contribution in [2.45, 2.75) is 13.0 Å². The third-order valence-corrected chi connectivity index (χ3v) is 2.85. The Hall–Kier alpha value is -1.66. The van der Waals surface area contributed by atoms with Gasteiger partial charge in [0, 0.05) is 12.7 Å². The molecule has 2 rings (SSSR count). The highest BCUT2D eigenvalue weighted by Crippen LogP contribution is 2.26. The quantitative estimate of drug-likeness (QED) is 0.796. The second-order valence-corrected chi connectivity index (χ2v) is 4.06. The van der Waals surface area contributed by atoms with Crippen LogP contribution in [0.4, 0.5) is 0 Å². The van der Waals surface area contributed by atoms with Gasteiger partial charge in [-0.25, -0.2) is 14.3 Å². The van der Waals surface area contributed by atoms with Gasteiger partial charge in [0.25, 0.3) is 0 Å². The van der Waals surface area contributed by atoms with Gasteiger partial charge >= 0.3 is 5.97 Å². The van der Waals surface area contributed by atoms with Gasteiger partial charge < -0.3 is 9.47 Å². The Morgan fingerprint density at radius 1 is 1.50 bits per heavy atom. The standard InChI is InChI=1S/C11H12ClN3O3/c1-6(17-2)9-7(11(16)18-3)4-13-15-5-8(12)14-10(9)15/h4-6H,1-3H3/t6-/m0/s1. The van der Waals surface area contributed by atoms with E-state index in [4.69, 9.17) is 21.1 Å². The number of hydrogen-bond acceptors (Lipinski definition) is 5. The molecular formula is C11H12ClN3O3. The van der Waals surface area contributed by atoms with Crippen molar-refractivity contribution in [3.05, 3.63) is 28.7 Å². The molecule has 0 unspecified atom stereocenters. The Balaban J connectivity index is 2.74. The zero-order valence-corrected chi connectivity index (χ0v) is 10.9. The molecule has 0 aromatic carbocycles. The van der Waals surface area contributed by atoms with E-state index >= 15 is 0 Å². The number of esters is 1. The monoisotopic (exact) mass is 269 g/mol. The van der Waals surface area contributed by atoms with Crippen LogP contribution in [0.25, 0.3) is 5.65 Å². The van der Waals surface area contributed by atoms with E-state index in [-0.39, 0.29) is 6.10 Å². The van der Waals surface area contributed by atoms with Crippen LogP contribution in [0.5, 0.6) is 0 Å². The lowest BCUT2D eigenvalue weighted by Crippen LogP contribution is -2.12. The van der Waals surface area contributed by atoms with Crippen LogP contribution in [0.1, 0.15) is 28.9 Å². The number of halogens is 1. The smallest absolute Gasteiger partial charge is 0.340 e. The SMILES string of the molecule is COC(=O)c1cnn2cc(Cl)nc2c1[C@H](C)OC. The van der Waals surface area contributed by atoms with Crippen LogP contribution in [-0.2, 0) is 9.47 Å². The summed E-state index contributed by atoms with van der Waals surface area (Å²) in [5.74, 6) is -0.483. The van der Waals surface area contributed by atoms with Crippen molar-refractivity contribution < 1.29 is 14.3 Å². The van der Waals surface area contributed by atoms with E-state index < -0.39 is 5.97 Å².